The van der Waals surface area contributed by atoms with E-state index in [4.69, 9.17) is 0 Å². The Morgan fingerprint density at radius 2 is 2.12 bits per heavy atom. The number of nitrogens with zero attached hydrogens (tertiary/aromatic N) is 1. The first kappa shape index (κ1) is 12.5. The largest absolute Gasteiger partial charge is 0.469 e. The first-order chi connectivity index (χ1) is 7.63. The molecular weight excluding hydrogens is 212 g/mol. The summed E-state index contributed by atoms with van der Waals surface area (Å²) in [5, 5.41) is 2.68. The van der Waals surface area contributed by atoms with Crippen LogP contribution in [-0.4, -0.2) is 49.4 Å². The van der Waals surface area contributed by atoms with Crippen molar-refractivity contribution in [2.45, 2.75) is 19.3 Å². The zero-order valence-corrected chi connectivity index (χ0v) is 9.32. The fraction of sp³-hybridized carbons (Fsp3) is 0.700. The third-order valence-electron chi connectivity index (χ3n) is 2.44. The topological polar surface area (TPSA) is 75.7 Å². The lowest BCUT2D eigenvalue weighted by Gasteiger charge is -2.18. The number of nitrogens with one attached hydrogen (secondary N) is 1. The van der Waals surface area contributed by atoms with E-state index in [1.807, 2.05) is 0 Å². The molecule has 1 heterocycles. The van der Waals surface area contributed by atoms with Gasteiger partial charge < -0.3 is 15.0 Å². The highest BCUT2D eigenvalue weighted by Gasteiger charge is 2.18. The first-order valence-corrected chi connectivity index (χ1v) is 5.25. The van der Waals surface area contributed by atoms with Crippen LogP contribution in [0, 0.1) is 0 Å². The van der Waals surface area contributed by atoms with Crippen LogP contribution in [0.15, 0.2) is 0 Å². The second kappa shape index (κ2) is 6.09. The SMILES string of the molecule is COC(=O)CCC(=O)N1CCNC(=O)CC1. The summed E-state index contributed by atoms with van der Waals surface area (Å²) < 4.78 is 4.45. The van der Waals surface area contributed by atoms with E-state index in [1.165, 1.54) is 7.11 Å². The molecule has 0 bridgehead atoms. The second-order valence-electron chi connectivity index (χ2n) is 3.56. The molecule has 6 nitrogen and oxygen atoms in total. The molecule has 0 aromatic carbocycles. The number of rotatable bonds is 3. The first-order valence-electron chi connectivity index (χ1n) is 5.25. The minimum absolute atomic E-state index is 0.0386. The molecule has 2 amide bonds. The van der Waals surface area contributed by atoms with Crippen LogP contribution in [0.5, 0.6) is 0 Å². The number of amides is 2. The van der Waals surface area contributed by atoms with Gasteiger partial charge in [-0.05, 0) is 0 Å². The zero-order chi connectivity index (χ0) is 12.0. The predicted molar refractivity (Wildman–Crippen MR) is 55.5 cm³/mol. The van der Waals surface area contributed by atoms with Gasteiger partial charge in [-0.3, -0.25) is 14.4 Å². The van der Waals surface area contributed by atoms with Crippen molar-refractivity contribution in [1.29, 1.82) is 0 Å². The van der Waals surface area contributed by atoms with Gasteiger partial charge in [0.25, 0.3) is 0 Å². The minimum Gasteiger partial charge on any atom is -0.469 e. The van der Waals surface area contributed by atoms with Crippen molar-refractivity contribution in [3.05, 3.63) is 0 Å². The summed E-state index contributed by atoms with van der Waals surface area (Å²) in [6, 6.07) is 0. The molecule has 0 aromatic heterocycles. The number of hydrogen-bond acceptors (Lipinski definition) is 4. The van der Waals surface area contributed by atoms with Crippen molar-refractivity contribution >= 4 is 17.8 Å². The number of ether oxygens (including phenoxy) is 1. The van der Waals surface area contributed by atoms with Crippen molar-refractivity contribution < 1.29 is 19.1 Å². The molecule has 0 saturated carbocycles. The normalized spacial score (nSPS) is 16.3. The van der Waals surface area contributed by atoms with E-state index < -0.39 is 5.97 Å². The van der Waals surface area contributed by atoms with Crippen LogP contribution in [-0.2, 0) is 19.1 Å². The molecule has 1 aliphatic heterocycles. The standard InChI is InChI=1S/C10H16N2O4/c1-16-10(15)3-2-9(14)12-6-4-8(13)11-5-7-12/h2-7H2,1H3,(H,11,13). The van der Waals surface area contributed by atoms with Gasteiger partial charge in [-0.2, -0.15) is 0 Å². The molecule has 0 spiro atoms. The molecule has 1 saturated heterocycles. The smallest absolute Gasteiger partial charge is 0.306 e. The molecule has 1 fully saturated rings. The minimum atomic E-state index is -0.391. The van der Waals surface area contributed by atoms with E-state index in [0.717, 1.165) is 0 Å². The van der Waals surface area contributed by atoms with Crippen LogP contribution in [0.3, 0.4) is 0 Å². The Kier molecular flexibility index (Phi) is 4.75. The van der Waals surface area contributed by atoms with Crippen molar-refractivity contribution in [3.8, 4) is 0 Å². The molecular formula is C10H16N2O4. The molecule has 0 aliphatic carbocycles. The third kappa shape index (κ3) is 3.88. The molecule has 6 heteroatoms. The summed E-state index contributed by atoms with van der Waals surface area (Å²) in [6.07, 6.45) is 0.554. The summed E-state index contributed by atoms with van der Waals surface area (Å²) in [5.41, 5.74) is 0. The van der Waals surface area contributed by atoms with Gasteiger partial charge in [-0.25, -0.2) is 0 Å². The molecule has 90 valence electrons. The highest BCUT2D eigenvalue weighted by molar-refractivity contribution is 5.82. The van der Waals surface area contributed by atoms with Gasteiger partial charge in [-0.1, -0.05) is 0 Å². The Morgan fingerprint density at radius 3 is 2.81 bits per heavy atom. The van der Waals surface area contributed by atoms with Gasteiger partial charge in [0.05, 0.1) is 13.5 Å². The van der Waals surface area contributed by atoms with Crippen molar-refractivity contribution in [2.75, 3.05) is 26.7 Å². The Bertz CT molecular complexity index is 291. The second-order valence-corrected chi connectivity index (χ2v) is 3.56. The zero-order valence-electron chi connectivity index (χ0n) is 9.32. The van der Waals surface area contributed by atoms with Crippen LogP contribution < -0.4 is 5.32 Å². The lowest BCUT2D eigenvalue weighted by molar-refractivity contribution is -0.143. The Balaban J connectivity index is 2.35. The molecule has 0 unspecified atom stereocenters. The summed E-state index contributed by atoms with van der Waals surface area (Å²) >= 11 is 0. The maximum absolute atomic E-state index is 11.7. The lowest BCUT2D eigenvalue weighted by atomic mass is 10.2. The monoisotopic (exact) mass is 228 g/mol. The van der Waals surface area contributed by atoms with Gasteiger partial charge in [0.1, 0.15) is 0 Å². The van der Waals surface area contributed by atoms with Crippen molar-refractivity contribution in [1.82, 2.24) is 10.2 Å². The van der Waals surface area contributed by atoms with E-state index >= 15 is 0 Å². The molecule has 1 rings (SSSR count). The van der Waals surface area contributed by atoms with Crippen molar-refractivity contribution in [3.63, 3.8) is 0 Å². The van der Waals surface area contributed by atoms with Crippen LogP contribution in [0.4, 0.5) is 0 Å². The van der Waals surface area contributed by atoms with Gasteiger partial charge in [0.15, 0.2) is 0 Å². The number of carbonyl (C=O) groups is 3. The highest BCUT2D eigenvalue weighted by Crippen LogP contribution is 2.02. The van der Waals surface area contributed by atoms with E-state index in [1.54, 1.807) is 4.90 Å². The maximum atomic E-state index is 11.7. The van der Waals surface area contributed by atoms with Gasteiger partial charge in [0.2, 0.25) is 11.8 Å². The Labute approximate surface area is 93.9 Å². The van der Waals surface area contributed by atoms with E-state index in [0.29, 0.717) is 26.1 Å². The van der Waals surface area contributed by atoms with Gasteiger partial charge >= 0.3 is 5.97 Å². The summed E-state index contributed by atoms with van der Waals surface area (Å²) in [7, 11) is 1.29. The number of esters is 1. The molecule has 0 radical (unpaired) electrons. The van der Waals surface area contributed by atoms with Crippen molar-refractivity contribution in [2.24, 2.45) is 0 Å². The number of methoxy groups -OCH3 is 1. The number of hydrogen-bond donors (Lipinski definition) is 1. The average molecular weight is 228 g/mol. The fourth-order valence-electron chi connectivity index (χ4n) is 1.49. The fourth-order valence-corrected chi connectivity index (χ4v) is 1.49. The lowest BCUT2D eigenvalue weighted by Crippen LogP contribution is -2.34. The molecule has 16 heavy (non-hydrogen) atoms. The van der Waals surface area contributed by atoms with Crippen LogP contribution in [0.2, 0.25) is 0 Å². The number of carbonyl (C=O) groups excluding carboxylic acids is 3. The van der Waals surface area contributed by atoms with E-state index in [-0.39, 0.29) is 24.7 Å². The highest BCUT2D eigenvalue weighted by atomic mass is 16.5. The quantitative estimate of drug-likeness (QED) is 0.647. The Hall–Kier alpha value is -1.59. The summed E-state index contributed by atoms with van der Waals surface area (Å²) in [5.74, 6) is -0.539. The van der Waals surface area contributed by atoms with E-state index in [9.17, 15) is 14.4 Å². The molecule has 1 N–H and O–H groups in total. The molecule has 1 aliphatic rings. The average Bonchev–Trinajstić information content (AvgIpc) is 2.50. The van der Waals surface area contributed by atoms with Crippen LogP contribution in [0.1, 0.15) is 19.3 Å². The Morgan fingerprint density at radius 1 is 1.38 bits per heavy atom. The van der Waals surface area contributed by atoms with Crippen LogP contribution >= 0.6 is 0 Å². The molecule has 0 aromatic rings. The van der Waals surface area contributed by atoms with Gasteiger partial charge in [0, 0.05) is 32.5 Å². The van der Waals surface area contributed by atoms with Gasteiger partial charge in [-0.15, -0.1) is 0 Å². The maximum Gasteiger partial charge on any atom is 0.306 e. The van der Waals surface area contributed by atoms with Crippen LogP contribution in [0.25, 0.3) is 0 Å². The summed E-state index contributed by atoms with van der Waals surface area (Å²) in [6.45, 7) is 1.40. The third-order valence-corrected chi connectivity index (χ3v) is 2.44. The molecule has 0 atom stereocenters. The predicted octanol–water partition coefficient (Wildman–Crippen LogP) is -0.712. The summed E-state index contributed by atoms with van der Waals surface area (Å²) in [4.78, 5) is 35.2. The van der Waals surface area contributed by atoms with E-state index in [2.05, 4.69) is 10.1 Å².